The number of amides is 1. The van der Waals surface area contributed by atoms with E-state index in [9.17, 15) is 9.90 Å². The SMILES string of the molecule is Cc1c(OCCCN2CCCC3(CCN(C(=O)OC(C)(C)C)C3)C2)cccc1-c1cccc(-c2nc3c(s2)CN(CCO)CC3)c1C. The van der Waals surface area contributed by atoms with Crippen molar-refractivity contribution in [2.75, 3.05) is 59.0 Å². The molecule has 9 heteroatoms. The highest BCUT2D eigenvalue weighted by molar-refractivity contribution is 7.15. The summed E-state index contributed by atoms with van der Waals surface area (Å²) in [5.74, 6) is 0.944. The van der Waals surface area contributed by atoms with Crippen LogP contribution in [0.4, 0.5) is 4.79 Å². The summed E-state index contributed by atoms with van der Waals surface area (Å²) in [5.41, 5.74) is 6.95. The maximum atomic E-state index is 12.7. The molecular formula is C38H52N4O4S. The first kappa shape index (κ1) is 33.9. The molecule has 2 saturated heterocycles. The molecule has 6 rings (SSSR count). The normalized spacial score (nSPS) is 20.5. The van der Waals surface area contributed by atoms with Crippen LogP contribution < -0.4 is 4.74 Å². The molecular weight excluding hydrogens is 609 g/mol. The number of likely N-dealkylation sites (tertiary alicyclic amines) is 2. The quantitative estimate of drug-likeness (QED) is 0.249. The Labute approximate surface area is 284 Å². The summed E-state index contributed by atoms with van der Waals surface area (Å²) >= 11 is 1.79. The third kappa shape index (κ3) is 7.85. The number of carbonyl (C=O) groups is 1. The summed E-state index contributed by atoms with van der Waals surface area (Å²) in [5, 5.41) is 10.5. The first-order chi connectivity index (χ1) is 22.5. The molecule has 8 nitrogen and oxygen atoms in total. The molecule has 0 aliphatic carbocycles. The van der Waals surface area contributed by atoms with E-state index in [4.69, 9.17) is 14.5 Å². The van der Waals surface area contributed by atoms with Gasteiger partial charge in [-0.1, -0.05) is 30.3 Å². The number of hydrogen-bond donors (Lipinski definition) is 1. The van der Waals surface area contributed by atoms with Crippen molar-refractivity contribution < 1.29 is 19.4 Å². The van der Waals surface area contributed by atoms with E-state index in [1.165, 1.54) is 45.7 Å². The molecule has 3 aromatic rings. The zero-order valence-corrected chi connectivity index (χ0v) is 29.8. The summed E-state index contributed by atoms with van der Waals surface area (Å²) < 4.78 is 12.1. The van der Waals surface area contributed by atoms with Gasteiger partial charge in [0, 0.05) is 68.1 Å². The number of rotatable bonds is 9. The van der Waals surface area contributed by atoms with Gasteiger partial charge in [-0.15, -0.1) is 11.3 Å². The molecule has 1 aromatic heterocycles. The molecule has 1 N–H and O–H groups in total. The Hall–Kier alpha value is -2.98. The molecule has 1 atom stereocenters. The minimum Gasteiger partial charge on any atom is -0.493 e. The second kappa shape index (κ2) is 14.2. The van der Waals surface area contributed by atoms with Gasteiger partial charge in [0.1, 0.15) is 16.4 Å². The minimum absolute atomic E-state index is 0.173. The lowest BCUT2D eigenvalue weighted by atomic mass is 9.79. The Morgan fingerprint density at radius 3 is 2.51 bits per heavy atom. The van der Waals surface area contributed by atoms with Crippen LogP contribution in [0, 0.1) is 19.3 Å². The molecule has 0 bridgehead atoms. The zero-order chi connectivity index (χ0) is 33.2. The smallest absolute Gasteiger partial charge is 0.410 e. The highest BCUT2D eigenvalue weighted by Crippen LogP contribution is 2.41. The van der Waals surface area contributed by atoms with Crippen molar-refractivity contribution in [3.8, 4) is 27.4 Å². The summed E-state index contributed by atoms with van der Waals surface area (Å²) in [6.07, 6.45) is 5.14. The van der Waals surface area contributed by atoms with Crippen molar-refractivity contribution in [2.45, 2.75) is 78.9 Å². The standard InChI is InChI=1S/C38H52N4O4S/c1-27-29(10-6-12-31(27)35-39-32-14-19-40(21-22-43)24-34(32)47-35)30-11-7-13-33(28(30)2)45-23-9-18-41-17-8-15-38(25-41)16-20-42(26-38)36(44)46-37(3,4)5/h6-7,10-13,43H,8-9,14-26H2,1-5H3. The van der Waals surface area contributed by atoms with Crippen LogP contribution in [0.1, 0.15) is 68.2 Å². The van der Waals surface area contributed by atoms with Crippen LogP contribution in [0.15, 0.2) is 36.4 Å². The van der Waals surface area contributed by atoms with Crippen molar-refractivity contribution in [3.05, 3.63) is 58.1 Å². The Morgan fingerprint density at radius 1 is 0.957 bits per heavy atom. The molecule has 1 unspecified atom stereocenters. The van der Waals surface area contributed by atoms with Crippen LogP contribution in [0.2, 0.25) is 0 Å². The van der Waals surface area contributed by atoms with E-state index < -0.39 is 5.60 Å². The van der Waals surface area contributed by atoms with Crippen LogP contribution in [-0.2, 0) is 17.7 Å². The number of nitrogens with zero attached hydrogens (tertiary/aromatic N) is 4. The van der Waals surface area contributed by atoms with Gasteiger partial charge in [0.2, 0.25) is 0 Å². The lowest BCUT2D eigenvalue weighted by Crippen LogP contribution is -2.46. The fourth-order valence-electron chi connectivity index (χ4n) is 7.64. The molecule has 254 valence electrons. The average molecular weight is 661 g/mol. The van der Waals surface area contributed by atoms with Gasteiger partial charge >= 0.3 is 6.09 Å². The monoisotopic (exact) mass is 660 g/mol. The van der Waals surface area contributed by atoms with Crippen molar-refractivity contribution in [1.82, 2.24) is 19.7 Å². The van der Waals surface area contributed by atoms with Gasteiger partial charge < -0.3 is 24.4 Å². The van der Waals surface area contributed by atoms with Crippen LogP contribution >= 0.6 is 11.3 Å². The number of fused-ring (bicyclic) bond motifs is 1. The molecule has 3 aliphatic heterocycles. The lowest BCUT2D eigenvalue weighted by molar-refractivity contribution is 0.0236. The van der Waals surface area contributed by atoms with Crippen LogP contribution in [0.3, 0.4) is 0 Å². The third-order valence-electron chi connectivity index (χ3n) is 10.1. The second-order valence-corrected chi connectivity index (χ2v) is 15.9. The van der Waals surface area contributed by atoms with Crippen molar-refractivity contribution in [2.24, 2.45) is 5.41 Å². The number of carbonyl (C=O) groups excluding carboxylic acids is 1. The van der Waals surface area contributed by atoms with Crippen molar-refractivity contribution >= 4 is 17.4 Å². The molecule has 0 saturated carbocycles. The number of piperidine rings is 1. The first-order valence-corrected chi connectivity index (χ1v) is 18.2. The topological polar surface area (TPSA) is 78.4 Å². The number of β-amino-alcohol motifs (C(OH)–C–C–N with tert-alkyl or cyclic N) is 1. The largest absolute Gasteiger partial charge is 0.493 e. The fourth-order valence-corrected chi connectivity index (χ4v) is 8.87. The number of aliphatic hydroxyl groups is 1. The molecule has 47 heavy (non-hydrogen) atoms. The van der Waals surface area contributed by atoms with E-state index in [1.54, 1.807) is 11.3 Å². The van der Waals surface area contributed by atoms with Gasteiger partial charge in [0.25, 0.3) is 0 Å². The second-order valence-electron chi connectivity index (χ2n) is 14.8. The number of aliphatic hydroxyl groups excluding tert-OH is 1. The van der Waals surface area contributed by atoms with Crippen LogP contribution in [0.25, 0.3) is 21.7 Å². The van der Waals surface area contributed by atoms with E-state index in [-0.39, 0.29) is 18.1 Å². The van der Waals surface area contributed by atoms with Gasteiger partial charge in [-0.2, -0.15) is 0 Å². The number of aromatic nitrogens is 1. The highest BCUT2D eigenvalue weighted by atomic mass is 32.1. The maximum absolute atomic E-state index is 12.7. The lowest BCUT2D eigenvalue weighted by Gasteiger charge is -2.40. The molecule has 0 radical (unpaired) electrons. The van der Waals surface area contributed by atoms with Gasteiger partial charge in [0.15, 0.2) is 0 Å². The molecule has 1 amide bonds. The highest BCUT2D eigenvalue weighted by Gasteiger charge is 2.43. The predicted octanol–water partition coefficient (Wildman–Crippen LogP) is 6.94. The number of hydrogen-bond acceptors (Lipinski definition) is 8. The van der Waals surface area contributed by atoms with E-state index in [1.807, 2.05) is 25.7 Å². The van der Waals surface area contributed by atoms with Crippen molar-refractivity contribution in [1.29, 1.82) is 0 Å². The Kier molecular flexibility index (Phi) is 10.3. The Morgan fingerprint density at radius 2 is 1.72 bits per heavy atom. The zero-order valence-electron chi connectivity index (χ0n) is 28.9. The average Bonchev–Trinajstić information content (AvgIpc) is 3.64. The molecule has 2 aromatic carbocycles. The van der Waals surface area contributed by atoms with Gasteiger partial charge in [-0.25, -0.2) is 9.78 Å². The van der Waals surface area contributed by atoms with Gasteiger partial charge in [-0.3, -0.25) is 4.90 Å². The third-order valence-corrected chi connectivity index (χ3v) is 11.2. The van der Waals surface area contributed by atoms with E-state index in [0.29, 0.717) is 13.2 Å². The predicted molar refractivity (Wildman–Crippen MR) is 189 cm³/mol. The van der Waals surface area contributed by atoms with E-state index >= 15 is 0 Å². The number of benzene rings is 2. The summed E-state index contributed by atoms with van der Waals surface area (Å²) in [6.45, 7) is 18.3. The summed E-state index contributed by atoms with van der Waals surface area (Å²) in [4.78, 5) is 25.9. The maximum Gasteiger partial charge on any atom is 0.410 e. The minimum atomic E-state index is -0.460. The van der Waals surface area contributed by atoms with Crippen LogP contribution in [0.5, 0.6) is 5.75 Å². The molecule has 4 heterocycles. The molecule has 2 fully saturated rings. The van der Waals surface area contributed by atoms with Crippen LogP contribution in [-0.4, -0.2) is 95.5 Å². The molecule has 3 aliphatic rings. The van der Waals surface area contributed by atoms with E-state index in [0.717, 1.165) is 81.4 Å². The number of ether oxygens (including phenoxy) is 2. The summed E-state index contributed by atoms with van der Waals surface area (Å²) in [7, 11) is 0. The summed E-state index contributed by atoms with van der Waals surface area (Å²) in [6, 6.07) is 12.9. The fraction of sp³-hybridized carbons (Fsp3) is 0.579. The Balaban J connectivity index is 1.06. The van der Waals surface area contributed by atoms with Gasteiger partial charge in [-0.05, 0) is 95.2 Å². The first-order valence-electron chi connectivity index (χ1n) is 17.4. The van der Waals surface area contributed by atoms with Gasteiger partial charge in [0.05, 0.1) is 18.9 Å². The number of thiazole rings is 1. The van der Waals surface area contributed by atoms with Crippen molar-refractivity contribution in [3.63, 3.8) is 0 Å². The molecule has 1 spiro atoms. The Bertz CT molecular complexity index is 1570. The van der Waals surface area contributed by atoms with E-state index in [2.05, 4.69) is 60.0 Å².